The maximum absolute atomic E-state index is 12.8. The van der Waals surface area contributed by atoms with Gasteiger partial charge in [-0.2, -0.15) is 0 Å². The number of aromatic nitrogens is 1. The van der Waals surface area contributed by atoms with Crippen LogP contribution in [0.1, 0.15) is 11.3 Å². The number of thiazole rings is 1. The highest BCUT2D eigenvalue weighted by Gasteiger charge is 2.22. The third kappa shape index (κ3) is 5.93. The summed E-state index contributed by atoms with van der Waals surface area (Å²) in [6.45, 7) is 3.08. The first-order valence-electron chi connectivity index (χ1n) is 10.1. The molecular formula is C23H24ClN3O2S2. The summed E-state index contributed by atoms with van der Waals surface area (Å²) in [5, 5.41) is 2.74. The Morgan fingerprint density at radius 3 is 2.68 bits per heavy atom. The number of rotatable bonds is 7. The van der Waals surface area contributed by atoms with Crippen molar-refractivity contribution in [2.75, 3.05) is 38.2 Å². The highest BCUT2D eigenvalue weighted by molar-refractivity contribution is 8.00. The molecule has 1 aliphatic heterocycles. The van der Waals surface area contributed by atoms with Gasteiger partial charge in [-0.1, -0.05) is 41.6 Å². The Labute approximate surface area is 196 Å². The molecule has 4 rings (SSSR count). The molecule has 1 fully saturated rings. The quantitative estimate of drug-likeness (QED) is 0.452. The van der Waals surface area contributed by atoms with E-state index in [4.69, 9.17) is 16.3 Å². The number of carbonyl (C=O) groups excluding carboxylic acids is 1. The highest BCUT2D eigenvalue weighted by Crippen LogP contribution is 2.27. The number of hydrogen-bond acceptors (Lipinski definition) is 6. The van der Waals surface area contributed by atoms with Crippen molar-refractivity contribution in [1.82, 2.24) is 9.88 Å². The third-order valence-corrected chi connectivity index (χ3v) is 7.58. The zero-order valence-electron chi connectivity index (χ0n) is 17.3. The number of amides is 1. The summed E-state index contributed by atoms with van der Waals surface area (Å²) in [6, 6.07) is 15.9. The van der Waals surface area contributed by atoms with Crippen molar-refractivity contribution in [3.63, 3.8) is 0 Å². The molecule has 5 nitrogen and oxygen atoms in total. The van der Waals surface area contributed by atoms with Crippen molar-refractivity contribution in [1.29, 1.82) is 0 Å². The summed E-state index contributed by atoms with van der Waals surface area (Å²) in [5.41, 5.74) is 3.19. The lowest BCUT2D eigenvalue weighted by atomic mass is 10.2. The van der Waals surface area contributed by atoms with Gasteiger partial charge in [0.1, 0.15) is 10.1 Å². The Morgan fingerprint density at radius 2 is 1.94 bits per heavy atom. The van der Waals surface area contributed by atoms with E-state index in [1.54, 1.807) is 30.2 Å². The number of benzene rings is 2. The van der Waals surface area contributed by atoms with Crippen LogP contribution in [0.15, 0.2) is 58.3 Å². The summed E-state index contributed by atoms with van der Waals surface area (Å²) in [7, 11) is 1.68. The standard InChI is InChI=1S/C23H24ClN3O2S2/c1-29-21-4-2-3-20(14-21)26-9-11-27(12-10-26)22(28)13-19-16-31-23(25-19)30-15-17-5-7-18(24)8-6-17/h2-8,14,16H,9-13,15H2,1H3. The minimum absolute atomic E-state index is 0.143. The van der Waals surface area contributed by atoms with Crippen LogP contribution in [0.3, 0.4) is 0 Å². The molecule has 0 unspecified atom stereocenters. The van der Waals surface area contributed by atoms with E-state index in [-0.39, 0.29) is 5.91 Å². The molecular weight excluding hydrogens is 450 g/mol. The van der Waals surface area contributed by atoms with Gasteiger partial charge in [-0.3, -0.25) is 4.79 Å². The molecule has 8 heteroatoms. The van der Waals surface area contributed by atoms with Crippen LogP contribution in [0.5, 0.6) is 5.75 Å². The van der Waals surface area contributed by atoms with Gasteiger partial charge in [-0.25, -0.2) is 4.98 Å². The topological polar surface area (TPSA) is 45.7 Å². The van der Waals surface area contributed by atoms with Crippen LogP contribution >= 0.6 is 34.7 Å². The van der Waals surface area contributed by atoms with Gasteiger partial charge in [-0.15, -0.1) is 11.3 Å². The summed E-state index contributed by atoms with van der Waals surface area (Å²) in [6.07, 6.45) is 0.358. The van der Waals surface area contributed by atoms with E-state index < -0.39 is 0 Å². The molecule has 2 aromatic carbocycles. The zero-order chi connectivity index (χ0) is 21.6. The van der Waals surface area contributed by atoms with E-state index in [0.29, 0.717) is 6.42 Å². The van der Waals surface area contributed by atoms with Crippen LogP contribution in [0.2, 0.25) is 5.02 Å². The fourth-order valence-electron chi connectivity index (χ4n) is 3.45. The number of nitrogens with zero attached hydrogens (tertiary/aromatic N) is 3. The van der Waals surface area contributed by atoms with Crippen LogP contribution in [0, 0.1) is 0 Å². The van der Waals surface area contributed by atoms with E-state index in [1.165, 1.54) is 5.56 Å². The monoisotopic (exact) mass is 473 g/mol. The maximum Gasteiger partial charge on any atom is 0.228 e. The van der Waals surface area contributed by atoms with E-state index in [0.717, 1.165) is 58.4 Å². The summed E-state index contributed by atoms with van der Waals surface area (Å²) < 4.78 is 6.30. The first-order valence-corrected chi connectivity index (χ1v) is 12.3. The van der Waals surface area contributed by atoms with Gasteiger partial charge in [0.2, 0.25) is 5.91 Å². The molecule has 0 aliphatic carbocycles. The number of hydrogen-bond donors (Lipinski definition) is 0. The van der Waals surface area contributed by atoms with Crippen LogP contribution in [-0.4, -0.2) is 49.1 Å². The minimum atomic E-state index is 0.143. The molecule has 0 spiro atoms. The Hall–Kier alpha value is -2.22. The lowest BCUT2D eigenvalue weighted by Gasteiger charge is -2.36. The molecule has 162 valence electrons. The highest BCUT2D eigenvalue weighted by atomic mass is 35.5. The van der Waals surface area contributed by atoms with Crippen LogP contribution in [-0.2, 0) is 17.0 Å². The van der Waals surface area contributed by atoms with Gasteiger partial charge in [-0.05, 0) is 29.8 Å². The van der Waals surface area contributed by atoms with Crippen LogP contribution in [0.4, 0.5) is 5.69 Å². The first-order chi connectivity index (χ1) is 15.1. The number of halogens is 1. The molecule has 1 amide bonds. The number of thioether (sulfide) groups is 1. The molecule has 0 N–H and O–H groups in total. The number of anilines is 1. The second-order valence-electron chi connectivity index (χ2n) is 7.27. The Morgan fingerprint density at radius 1 is 1.16 bits per heavy atom. The summed E-state index contributed by atoms with van der Waals surface area (Å²) >= 11 is 9.22. The van der Waals surface area contributed by atoms with Gasteiger partial charge < -0.3 is 14.5 Å². The Bertz CT molecular complexity index is 1020. The molecule has 0 radical (unpaired) electrons. The van der Waals surface area contributed by atoms with Gasteiger partial charge in [0.25, 0.3) is 0 Å². The number of piperazine rings is 1. The van der Waals surface area contributed by atoms with Crippen LogP contribution < -0.4 is 9.64 Å². The average molecular weight is 474 g/mol. The predicted molar refractivity (Wildman–Crippen MR) is 129 cm³/mol. The fraction of sp³-hybridized carbons (Fsp3) is 0.304. The minimum Gasteiger partial charge on any atom is -0.497 e. The predicted octanol–water partition coefficient (Wildman–Crippen LogP) is 4.99. The maximum atomic E-state index is 12.8. The van der Waals surface area contributed by atoms with Crippen molar-refractivity contribution in [3.8, 4) is 5.75 Å². The third-order valence-electron chi connectivity index (χ3n) is 5.19. The van der Waals surface area contributed by atoms with Gasteiger partial charge >= 0.3 is 0 Å². The molecule has 2 heterocycles. The Kier molecular flexibility index (Phi) is 7.37. The van der Waals surface area contributed by atoms with Gasteiger partial charge in [0, 0.05) is 54.1 Å². The number of carbonyl (C=O) groups is 1. The molecule has 31 heavy (non-hydrogen) atoms. The normalized spacial score (nSPS) is 14.0. The van der Waals surface area contributed by atoms with Crippen molar-refractivity contribution < 1.29 is 9.53 Å². The molecule has 0 saturated carbocycles. The molecule has 1 aliphatic rings. The fourth-order valence-corrected chi connectivity index (χ4v) is 5.38. The number of methoxy groups -OCH3 is 1. The lowest BCUT2D eigenvalue weighted by molar-refractivity contribution is -0.130. The van der Waals surface area contributed by atoms with Crippen molar-refractivity contribution in [2.45, 2.75) is 16.5 Å². The molecule has 0 atom stereocenters. The molecule has 0 bridgehead atoms. The van der Waals surface area contributed by atoms with E-state index >= 15 is 0 Å². The van der Waals surface area contributed by atoms with Crippen molar-refractivity contribution >= 4 is 46.3 Å². The molecule has 1 saturated heterocycles. The van der Waals surface area contributed by atoms with E-state index in [1.807, 2.05) is 52.7 Å². The smallest absolute Gasteiger partial charge is 0.228 e. The summed E-state index contributed by atoms with van der Waals surface area (Å²) in [4.78, 5) is 21.6. The number of ether oxygens (including phenoxy) is 1. The second kappa shape index (κ2) is 10.4. The van der Waals surface area contributed by atoms with E-state index in [9.17, 15) is 4.79 Å². The molecule has 3 aromatic rings. The summed E-state index contributed by atoms with van der Waals surface area (Å²) in [5.74, 6) is 1.83. The van der Waals surface area contributed by atoms with Gasteiger partial charge in [0.05, 0.1) is 19.2 Å². The second-order valence-corrected chi connectivity index (χ2v) is 9.78. The zero-order valence-corrected chi connectivity index (χ0v) is 19.7. The molecule has 1 aromatic heterocycles. The van der Waals surface area contributed by atoms with Crippen LogP contribution in [0.25, 0.3) is 0 Å². The first kappa shape index (κ1) is 22.0. The largest absolute Gasteiger partial charge is 0.497 e. The van der Waals surface area contributed by atoms with Crippen molar-refractivity contribution in [3.05, 3.63) is 70.2 Å². The van der Waals surface area contributed by atoms with Gasteiger partial charge in [0.15, 0.2) is 0 Å². The lowest BCUT2D eigenvalue weighted by Crippen LogP contribution is -2.49. The SMILES string of the molecule is COc1cccc(N2CCN(C(=O)Cc3csc(SCc4ccc(Cl)cc4)n3)CC2)c1. The van der Waals surface area contributed by atoms with Crippen molar-refractivity contribution in [2.24, 2.45) is 0 Å². The van der Waals surface area contributed by atoms with E-state index in [2.05, 4.69) is 16.0 Å². The average Bonchev–Trinajstić information content (AvgIpc) is 3.26. The Balaban J connectivity index is 1.26.